The van der Waals surface area contributed by atoms with Gasteiger partial charge in [0.15, 0.2) is 6.10 Å². The summed E-state index contributed by atoms with van der Waals surface area (Å²) in [4.78, 5) is 23.6. The summed E-state index contributed by atoms with van der Waals surface area (Å²) in [5.74, 6) is -4.21. The van der Waals surface area contributed by atoms with E-state index in [1.54, 1.807) is 6.07 Å². The average molecular weight is 337 g/mol. The summed E-state index contributed by atoms with van der Waals surface area (Å²) in [5.41, 5.74) is -0.505. The Hall–Kier alpha value is -2.83. The Morgan fingerprint density at radius 2 is 1.58 bits per heavy atom. The second-order valence-electron chi connectivity index (χ2n) is 4.99. The molecular formula is C17H14F3NO3. The monoisotopic (exact) mass is 337 g/mol. The van der Waals surface area contributed by atoms with Gasteiger partial charge in [0.05, 0.1) is 6.42 Å². The van der Waals surface area contributed by atoms with Gasteiger partial charge in [-0.05, 0) is 30.7 Å². The molecule has 2 rings (SSSR count). The first kappa shape index (κ1) is 17.5. The molecule has 0 saturated carbocycles. The molecule has 0 bridgehead atoms. The molecule has 1 atom stereocenters. The van der Waals surface area contributed by atoms with Gasteiger partial charge >= 0.3 is 5.97 Å². The summed E-state index contributed by atoms with van der Waals surface area (Å²) < 4.78 is 45.2. The van der Waals surface area contributed by atoms with Crippen LogP contribution in [0.4, 0.5) is 18.9 Å². The zero-order chi connectivity index (χ0) is 17.7. The molecule has 0 aromatic heterocycles. The molecule has 0 saturated heterocycles. The summed E-state index contributed by atoms with van der Waals surface area (Å²) in [6, 6.07) is 8.75. The van der Waals surface area contributed by atoms with Gasteiger partial charge in [0.2, 0.25) is 0 Å². The molecule has 24 heavy (non-hydrogen) atoms. The summed E-state index contributed by atoms with van der Waals surface area (Å²) in [6.07, 6.45) is -1.67. The van der Waals surface area contributed by atoms with Gasteiger partial charge in [-0.1, -0.05) is 24.3 Å². The number of amides is 1. The van der Waals surface area contributed by atoms with Gasteiger partial charge in [-0.25, -0.2) is 13.2 Å². The van der Waals surface area contributed by atoms with Gasteiger partial charge in [-0.15, -0.1) is 0 Å². The van der Waals surface area contributed by atoms with E-state index in [2.05, 4.69) is 0 Å². The van der Waals surface area contributed by atoms with Crippen LogP contribution in [0.25, 0.3) is 0 Å². The summed E-state index contributed by atoms with van der Waals surface area (Å²) >= 11 is 0. The molecule has 0 aliphatic carbocycles. The van der Waals surface area contributed by atoms with Crippen LogP contribution in [0.15, 0.2) is 42.5 Å². The molecule has 0 heterocycles. The van der Waals surface area contributed by atoms with Gasteiger partial charge in [-0.2, -0.15) is 0 Å². The van der Waals surface area contributed by atoms with Crippen LogP contribution in [-0.4, -0.2) is 18.0 Å². The number of carbonyl (C=O) groups is 2. The van der Waals surface area contributed by atoms with Gasteiger partial charge < -0.3 is 10.1 Å². The molecule has 4 nitrogen and oxygen atoms in total. The predicted molar refractivity (Wildman–Crippen MR) is 80.6 cm³/mol. The Kier molecular flexibility index (Phi) is 5.57. The third kappa shape index (κ3) is 4.34. The topological polar surface area (TPSA) is 55.4 Å². The van der Waals surface area contributed by atoms with Crippen molar-refractivity contribution in [2.75, 3.05) is 5.32 Å². The number of hydrogen-bond donors (Lipinski definition) is 1. The standard InChI is InChI=1S/C17H14F3NO3/c1-10(17(23)21-16-13(19)7-4-8-14(16)20)24-15(22)9-11-5-2-3-6-12(11)18/h2-8,10H,9H2,1H3,(H,21,23). The van der Waals surface area contributed by atoms with Crippen LogP contribution in [0.1, 0.15) is 12.5 Å². The van der Waals surface area contributed by atoms with Crippen LogP contribution in [0.3, 0.4) is 0 Å². The van der Waals surface area contributed by atoms with Crippen LogP contribution >= 0.6 is 0 Å². The Balaban J connectivity index is 1.96. The van der Waals surface area contributed by atoms with E-state index in [-0.39, 0.29) is 12.0 Å². The van der Waals surface area contributed by atoms with E-state index in [0.717, 1.165) is 18.2 Å². The average Bonchev–Trinajstić information content (AvgIpc) is 2.53. The lowest BCUT2D eigenvalue weighted by molar-refractivity contribution is -0.152. The molecule has 126 valence electrons. The second kappa shape index (κ2) is 7.63. The third-order valence-corrected chi connectivity index (χ3v) is 3.18. The molecule has 0 radical (unpaired) electrons. The number of esters is 1. The van der Waals surface area contributed by atoms with Gasteiger partial charge in [0.1, 0.15) is 23.1 Å². The molecule has 1 N–H and O–H groups in total. The highest BCUT2D eigenvalue weighted by Gasteiger charge is 2.21. The molecule has 7 heteroatoms. The molecule has 0 aliphatic heterocycles. The maximum Gasteiger partial charge on any atom is 0.311 e. The Morgan fingerprint density at radius 3 is 2.21 bits per heavy atom. The number of rotatable bonds is 5. The van der Waals surface area contributed by atoms with E-state index in [4.69, 9.17) is 4.74 Å². The highest BCUT2D eigenvalue weighted by atomic mass is 19.1. The summed E-state index contributed by atoms with van der Waals surface area (Å²) in [6.45, 7) is 1.24. The van der Waals surface area contributed by atoms with Crippen molar-refractivity contribution in [3.05, 3.63) is 65.5 Å². The van der Waals surface area contributed by atoms with Crippen molar-refractivity contribution < 1.29 is 27.5 Å². The number of benzene rings is 2. The Bertz CT molecular complexity index is 744. The fourth-order valence-corrected chi connectivity index (χ4v) is 1.93. The first-order chi connectivity index (χ1) is 11.4. The SMILES string of the molecule is CC(OC(=O)Cc1ccccc1F)C(=O)Nc1c(F)cccc1F. The van der Waals surface area contributed by atoms with E-state index >= 15 is 0 Å². The van der Waals surface area contributed by atoms with E-state index in [9.17, 15) is 22.8 Å². The minimum Gasteiger partial charge on any atom is -0.452 e. The molecule has 2 aromatic rings. The number of hydrogen-bond acceptors (Lipinski definition) is 3. The van der Waals surface area contributed by atoms with Crippen molar-refractivity contribution in [3.63, 3.8) is 0 Å². The van der Waals surface area contributed by atoms with Crippen molar-refractivity contribution in [2.45, 2.75) is 19.4 Å². The Morgan fingerprint density at radius 1 is 1.00 bits per heavy atom. The zero-order valence-electron chi connectivity index (χ0n) is 12.7. The van der Waals surface area contributed by atoms with Crippen molar-refractivity contribution in [1.29, 1.82) is 0 Å². The lowest BCUT2D eigenvalue weighted by Crippen LogP contribution is -2.31. The number of ether oxygens (including phenoxy) is 1. The number of anilines is 1. The molecule has 2 aromatic carbocycles. The first-order valence-corrected chi connectivity index (χ1v) is 7.06. The van der Waals surface area contributed by atoms with Crippen LogP contribution in [-0.2, 0) is 20.7 Å². The van der Waals surface area contributed by atoms with Crippen molar-refractivity contribution >= 4 is 17.6 Å². The minimum atomic E-state index is -1.30. The smallest absolute Gasteiger partial charge is 0.311 e. The number of para-hydroxylation sites is 1. The summed E-state index contributed by atoms with van der Waals surface area (Å²) in [7, 11) is 0. The zero-order valence-corrected chi connectivity index (χ0v) is 12.7. The highest BCUT2D eigenvalue weighted by Crippen LogP contribution is 2.18. The lowest BCUT2D eigenvalue weighted by Gasteiger charge is -2.14. The molecule has 1 unspecified atom stereocenters. The van der Waals surface area contributed by atoms with Crippen LogP contribution < -0.4 is 5.32 Å². The largest absolute Gasteiger partial charge is 0.452 e. The van der Waals surface area contributed by atoms with Crippen molar-refractivity contribution in [1.82, 2.24) is 0 Å². The van der Waals surface area contributed by atoms with Crippen LogP contribution in [0.5, 0.6) is 0 Å². The van der Waals surface area contributed by atoms with E-state index in [1.165, 1.54) is 25.1 Å². The molecule has 1 amide bonds. The number of carbonyl (C=O) groups excluding carboxylic acids is 2. The van der Waals surface area contributed by atoms with Crippen LogP contribution in [0, 0.1) is 17.5 Å². The van der Waals surface area contributed by atoms with Crippen LogP contribution in [0.2, 0.25) is 0 Å². The second-order valence-corrected chi connectivity index (χ2v) is 4.99. The van der Waals surface area contributed by atoms with Crippen molar-refractivity contribution in [2.24, 2.45) is 0 Å². The summed E-state index contributed by atoms with van der Waals surface area (Å²) in [5, 5.41) is 2.02. The number of nitrogens with one attached hydrogen (secondary N) is 1. The van der Waals surface area contributed by atoms with E-state index in [1.807, 2.05) is 5.32 Å². The van der Waals surface area contributed by atoms with E-state index in [0.29, 0.717) is 0 Å². The Labute approximate surface area is 136 Å². The predicted octanol–water partition coefficient (Wildman–Crippen LogP) is 3.22. The maximum absolute atomic E-state index is 13.5. The lowest BCUT2D eigenvalue weighted by atomic mass is 10.1. The fraction of sp³-hybridized carbons (Fsp3) is 0.176. The third-order valence-electron chi connectivity index (χ3n) is 3.18. The van der Waals surface area contributed by atoms with Crippen molar-refractivity contribution in [3.8, 4) is 0 Å². The molecular weight excluding hydrogens is 323 g/mol. The first-order valence-electron chi connectivity index (χ1n) is 7.06. The normalized spacial score (nSPS) is 11.7. The molecule has 0 fully saturated rings. The molecule has 0 aliphatic rings. The van der Waals surface area contributed by atoms with Gasteiger partial charge in [-0.3, -0.25) is 9.59 Å². The maximum atomic E-state index is 13.5. The van der Waals surface area contributed by atoms with Gasteiger partial charge in [0, 0.05) is 0 Å². The minimum absolute atomic E-state index is 0.121. The highest BCUT2D eigenvalue weighted by molar-refractivity contribution is 5.95. The number of halogens is 3. The van der Waals surface area contributed by atoms with E-state index < -0.39 is 41.1 Å². The van der Waals surface area contributed by atoms with Gasteiger partial charge in [0.25, 0.3) is 5.91 Å². The molecule has 0 spiro atoms. The quantitative estimate of drug-likeness (QED) is 0.853. The fourth-order valence-electron chi connectivity index (χ4n) is 1.93.